The Morgan fingerprint density at radius 2 is 2.55 bits per heavy atom. The molecule has 0 aromatic carbocycles. The van der Waals surface area contributed by atoms with Crippen LogP contribution < -0.4 is 11.2 Å². The van der Waals surface area contributed by atoms with E-state index in [1.807, 2.05) is 6.92 Å². The first-order chi connectivity index (χ1) is 5.24. The average molecular weight is 159 g/mol. The molecule has 5 heteroatoms. The molecule has 0 aliphatic carbocycles. The zero-order valence-corrected chi connectivity index (χ0v) is 6.45. The fraction of sp³-hybridized carbons (Fsp3) is 0.833. The Balaban J connectivity index is 2.47. The lowest BCUT2D eigenvalue weighted by Gasteiger charge is -2.08. The lowest BCUT2D eigenvalue weighted by Crippen LogP contribution is -2.31. The van der Waals surface area contributed by atoms with E-state index in [0.717, 1.165) is 6.42 Å². The van der Waals surface area contributed by atoms with Crippen LogP contribution in [0.4, 0.5) is 0 Å². The van der Waals surface area contributed by atoms with E-state index < -0.39 is 0 Å². The van der Waals surface area contributed by atoms with Gasteiger partial charge in [0.05, 0.1) is 12.1 Å². The predicted octanol–water partition coefficient (Wildman–Crippen LogP) is -0.543. The van der Waals surface area contributed by atoms with E-state index in [9.17, 15) is 0 Å². The van der Waals surface area contributed by atoms with Crippen molar-refractivity contribution in [2.24, 2.45) is 10.7 Å². The second-order valence-corrected chi connectivity index (χ2v) is 2.56. The van der Waals surface area contributed by atoms with E-state index in [1.54, 1.807) is 5.48 Å². The van der Waals surface area contributed by atoms with E-state index >= 15 is 0 Å². The summed E-state index contributed by atoms with van der Waals surface area (Å²) >= 11 is 0. The van der Waals surface area contributed by atoms with Gasteiger partial charge in [-0.05, 0) is 13.3 Å². The summed E-state index contributed by atoms with van der Waals surface area (Å²) in [6.07, 6.45) is 0.964. The molecule has 2 atom stereocenters. The van der Waals surface area contributed by atoms with Gasteiger partial charge in [0.25, 0.3) is 0 Å². The van der Waals surface area contributed by atoms with E-state index in [4.69, 9.17) is 15.7 Å². The molecule has 0 aromatic rings. The first-order valence-electron chi connectivity index (χ1n) is 3.59. The second-order valence-electron chi connectivity index (χ2n) is 2.56. The summed E-state index contributed by atoms with van der Waals surface area (Å²) in [5.74, 6) is 0.0485. The number of aliphatic imine (C=N–C) groups is 1. The van der Waals surface area contributed by atoms with Gasteiger partial charge in [-0.25, -0.2) is 10.5 Å². The van der Waals surface area contributed by atoms with Gasteiger partial charge in [0, 0.05) is 6.61 Å². The SMILES string of the molecule is CC1OCCC1N=C(N)NO. The number of nitrogens with two attached hydrogens (primary N) is 1. The van der Waals surface area contributed by atoms with Crippen molar-refractivity contribution in [3.8, 4) is 0 Å². The van der Waals surface area contributed by atoms with Crippen LogP contribution in [-0.4, -0.2) is 29.9 Å². The lowest BCUT2D eigenvalue weighted by atomic mass is 10.2. The van der Waals surface area contributed by atoms with Gasteiger partial charge in [-0.15, -0.1) is 0 Å². The standard InChI is InChI=1S/C6H13N3O2/c1-4-5(2-3-11-4)8-6(7)9-10/h4-5,10H,2-3H2,1H3,(H3,7,8,9). The van der Waals surface area contributed by atoms with Gasteiger partial charge < -0.3 is 10.5 Å². The van der Waals surface area contributed by atoms with Crippen LogP contribution in [0, 0.1) is 0 Å². The molecule has 0 radical (unpaired) electrons. The zero-order chi connectivity index (χ0) is 8.27. The summed E-state index contributed by atoms with van der Waals surface area (Å²) < 4.78 is 5.24. The van der Waals surface area contributed by atoms with Crippen molar-refractivity contribution in [1.29, 1.82) is 0 Å². The number of nitrogens with one attached hydrogen (secondary N) is 1. The molecular weight excluding hydrogens is 146 g/mol. The van der Waals surface area contributed by atoms with Crippen LogP contribution in [0.3, 0.4) is 0 Å². The third-order valence-electron chi connectivity index (χ3n) is 1.76. The van der Waals surface area contributed by atoms with Gasteiger partial charge >= 0.3 is 0 Å². The van der Waals surface area contributed by atoms with Gasteiger partial charge in [-0.3, -0.25) is 5.21 Å². The van der Waals surface area contributed by atoms with E-state index in [-0.39, 0.29) is 18.1 Å². The van der Waals surface area contributed by atoms with Crippen molar-refractivity contribution in [1.82, 2.24) is 5.48 Å². The van der Waals surface area contributed by atoms with Crippen LogP contribution in [0.2, 0.25) is 0 Å². The molecule has 2 unspecified atom stereocenters. The monoisotopic (exact) mass is 159 g/mol. The fourth-order valence-electron chi connectivity index (χ4n) is 1.10. The maximum atomic E-state index is 8.33. The predicted molar refractivity (Wildman–Crippen MR) is 40.4 cm³/mol. The van der Waals surface area contributed by atoms with Crippen LogP contribution in [-0.2, 0) is 4.74 Å². The number of hydroxylamine groups is 1. The highest BCUT2D eigenvalue weighted by molar-refractivity contribution is 5.76. The number of hydrogen-bond donors (Lipinski definition) is 3. The molecule has 1 aliphatic rings. The van der Waals surface area contributed by atoms with E-state index in [2.05, 4.69) is 4.99 Å². The Morgan fingerprint density at radius 3 is 3.00 bits per heavy atom. The van der Waals surface area contributed by atoms with Crippen molar-refractivity contribution in [2.75, 3.05) is 6.61 Å². The molecule has 0 saturated carbocycles. The highest BCUT2D eigenvalue weighted by Gasteiger charge is 2.23. The van der Waals surface area contributed by atoms with Gasteiger partial charge in [0.1, 0.15) is 0 Å². The second kappa shape index (κ2) is 3.54. The molecule has 4 N–H and O–H groups in total. The number of nitrogens with zero attached hydrogens (tertiary/aromatic N) is 1. The first-order valence-corrected chi connectivity index (χ1v) is 3.59. The van der Waals surface area contributed by atoms with Gasteiger partial charge in [-0.2, -0.15) is 0 Å². The fourth-order valence-corrected chi connectivity index (χ4v) is 1.10. The number of rotatable bonds is 1. The van der Waals surface area contributed by atoms with Crippen molar-refractivity contribution in [2.45, 2.75) is 25.5 Å². The lowest BCUT2D eigenvalue weighted by molar-refractivity contribution is 0.119. The van der Waals surface area contributed by atoms with E-state index in [1.165, 1.54) is 0 Å². The summed E-state index contributed by atoms with van der Waals surface area (Å²) in [6, 6.07) is 0.0784. The molecule has 0 spiro atoms. The van der Waals surface area contributed by atoms with Crippen LogP contribution in [0.15, 0.2) is 4.99 Å². The van der Waals surface area contributed by atoms with Crippen LogP contribution >= 0.6 is 0 Å². The molecule has 0 bridgehead atoms. The molecule has 64 valence electrons. The van der Waals surface area contributed by atoms with Crippen LogP contribution in [0.1, 0.15) is 13.3 Å². The molecule has 0 amide bonds. The number of hydrogen-bond acceptors (Lipinski definition) is 3. The quantitative estimate of drug-likeness (QED) is 0.272. The maximum Gasteiger partial charge on any atom is 0.213 e. The molecule has 11 heavy (non-hydrogen) atoms. The Kier molecular flexibility index (Phi) is 2.67. The summed E-state index contributed by atoms with van der Waals surface area (Å²) in [4.78, 5) is 3.98. The third kappa shape index (κ3) is 2.06. The van der Waals surface area contributed by atoms with Gasteiger partial charge in [0.15, 0.2) is 0 Å². The number of guanidine groups is 1. The molecule has 1 saturated heterocycles. The van der Waals surface area contributed by atoms with Crippen LogP contribution in [0.25, 0.3) is 0 Å². The normalized spacial score (nSPS) is 32.4. The van der Waals surface area contributed by atoms with Gasteiger partial charge in [0.2, 0.25) is 5.96 Å². The summed E-state index contributed by atoms with van der Waals surface area (Å²) in [5, 5.41) is 8.33. The molecule has 1 fully saturated rings. The highest BCUT2D eigenvalue weighted by Crippen LogP contribution is 2.15. The summed E-state index contributed by atoms with van der Waals surface area (Å²) in [7, 11) is 0. The maximum absolute atomic E-state index is 8.33. The summed E-state index contributed by atoms with van der Waals surface area (Å²) in [5.41, 5.74) is 7.03. The minimum Gasteiger partial charge on any atom is -0.376 e. The van der Waals surface area contributed by atoms with E-state index in [0.29, 0.717) is 6.61 Å². The smallest absolute Gasteiger partial charge is 0.213 e. The summed E-state index contributed by atoms with van der Waals surface area (Å²) in [6.45, 7) is 2.65. The van der Waals surface area contributed by atoms with Crippen molar-refractivity contribution in [3.63, 3.8) is 0 Å². The van der Waals surface area contributed by atoms with Crippen molar-refractivity contribution >= 4 is 5.96 Å². The molecule has 5 nitrogen and oxygen atoms in total. The minimum absolute atomic E-state index is 0.0485. The molecule has 1 aliphatic heterocycles. The van der Waals surface area contributed by atoms with Crippen molar-refractivity contribution in [3.05, 3.63) is 0 Å². The minimum atomic E-state index is 0.0485. The van der Waals surface area contributed by atoms with Gasteiger partial charge in [-0.1, -0.05) is 0 Å². The topological polar surface area (TPSA) is 79.9 Å². The molecular formula is C6H13N3O2. The third-order valence-corrected chi connectivity index (χ3v) is 1.76. The Morgan fingerprint density at radius 1 is 1.82 bits per heavy atom. The first kappa shape index (κ1) is 8.29. The molecule has 1 rings (SSSR count). The van der Waals surface area contributed by atoms with Crippen LogP contribution in [0.5, 0.6) is 0 Å². The Hall–Kier alpha value is -0.810. The zero-order valence-electron chi connectivity index (χ0n) is 6.45. The Bertz CT molecular complexity index is 160. The molecule has 1 heterocycles. The van der Waals surface area contributed by atoms with Crippen molar-refractivity contribution < 1.29 is 9.94 Å². The molecule has 0 aromatic heterocycles. The largest absolute Gasteiger partial charge is 0.376 e. The number of ether oxygens (including phenoxy) is 1. The highest BCUT2D eigenvalue weighted by atomic mass is 16.5. The average Bonchev–Trinajstić information content (AvgIpc) is 2.37. The Labute approximate surface area is 65.2 Å².